The number of nitrogens with zero attached hydrogens (tertiary/aromatic N) is 2. The third-order valence-electron chi connectivity index (χ3n) is 6.75. The molecule has 1 fully saturated rings. The number of aromatic nitrogens is 2. The third kappa shape index (κ3) is 3.82. The van der Waals surface area contributed by atoms with Crippen molar-refractivity contribution in [1.82, 2.24) is 9.55 Å². The minimum absolute atomic E-state index is 0.457. The second-order valence-corrected chi connectivity index (χ2v) is 8.72. The van der Waals surface area contributed by atoms with Gasteiger partial charge in [0.25, 0.3) is 0 Å². The number of fused-ring (bicyclic) bond motifs is 1. The smallest absolute Gasteiger partial charge is 0.141 e. The normalized spacial score (nSPS) is 13.7. The lowest BCUT2D eigenvalue weighted by atomic mass is 9.92. The molecule has 0 amide bonds. The van der Waals surface area contributed by atoms with Crippen LogP contribution in [0, 0.1) is 13.8 Å². The van der Waals surface area contributed by atoms with Crippen LogP contribution < -0.4 is 14.2 Å². The van der Waals surface area contributed by atoms with E-state index in [2.05, 4.69) is 42.7 Å². The highest BCUT2D eigenvalue weighted by Crippen LogP contribution is 2.43. The van der Waals surface area contributed by atoms with Gasteiger partial charge in [-0.1, -0.05) is 30.3 Å². The molecule has 1 aliphatic carbocycles. The Hall–Kier alpha value is -3.47. The summed E-state index contributed by atoms with van der Waals surface area (Å²) in [6, 6.07) is 19.0. The monoisotopic (exact) mass is 442 g/mol. The maximum absolute atomic E-state index is 6.37. The molecule has 33 heavy (non-hydrogen) atoms. The highest BCUT2D eigenvalue weighted by molar-refractivity contribution is 5.84. The Morgan fingerprint density at radius 2 is 1.73 bits per heavy atom. The first-order valence-corrected chi connectivity index (χ1v) is 11.5. The summed E-state index contributed by atoms with van der Waals surface area (Å²) in [4.78, 5) is 5.09. The fourth-order valence-electron chi connectivity index (χ4n) is 4.66. The van der Waals surface area contributed by atoms with Crippen molar-refractivity contribution in [3.8, 4) is 28.6 Å². The van der Waals surface area contributed by atoms with Crippen LogP contribution in [-0.2, 0) is 6.61 Å². The maximum atomic E-state index is 6.37. The van der Waals surface area contributed by atoms with E-state index in [0.717, 1.165) is 56.4 Å². The summed E-state index contributed by atoms with van der Waals surface area (Å²) in [7, 11) is 3.40. The van der Waals surface area contributed by atoms with Gasteiger partial charge in [0.1, 0.15) is 29.7 Å². The molecule has 0 unspecified atom stereocenters. The van der Waals surface area contributed by atoms with Crippen LogP contribution in [0.2, 0.25) is 0 Å². The predicted molar refractivity (Wildman–Crippen MR) is 131 cm³/mol. The predicted octanol–water partition coefficient (Wildman–Crippen LogP) is 6.64. The zero-order valence-electron chi connectivity index (χ0n) is 19.7. The molecule has 3 aromatic carbocycles. The van der Waals surface area contributed by atoms with Crippen LogP contribution in [0.4, 0.5) is 0 Å². The van der Waals surface area contributed by atoms with Gasteiger partial charge < -0.3 is 18.8 Å². The van der Waals surface area contributed by atoms with Gasteiger partial charge in [0.05, 0.1) is 25.3 Å². The topological polar surface area (TPSA) is 45.5 Å². The number of rotatable bonds is 7. The van der Waals surface area contributed by atoms with E-state index in [1.165, 1.54) is 19.3 Å². The summed E-state index contributed by atoms with van der Waals surface area (Å²) in [5, 5.41) is 0. The van der Waals surface area contributed by atoms with E-state index in [1.807, 2.05) is 30.3 Å². The fourth-order valence-corrected chi connectivity index (χ4v) is 4.66. The first-order valence-electron chi connectivity index (χ1n) is 11.5. The molecule has 0 radical (unpaired) electrons. The lowest BCUT2D eigenvalue weighted by Crippen LogP contribution is -2.18. The molecule has 0 N–H and O–H groups in total. The molecule has 0 atom stereocenters. The van der Waals surface area contributed by atoms with Gasteiger partial charge in [0.15, 0.2) is 0 Å². The standard InChI is InChI=1S/C28H30N2O3/c1-18-23(16-26(32-4)19(2)27(18)33-17-20-9-6-5-7-10-20)28-29-24-15-22(31-3)13-14-25(24)30(28)21-11-8-12-21/h5-7,9-10,13-16,21H,8,11-12,17H2,1-4H3. The number of benzene rings is 3. The molecule has 170 valence electrons. The number of ether oxygens (including phenoxy) is 3. The molecule has 1 aromatic heterocycles. The highest BCUT2D eigenvalue weighted by Gasteiger charge is 2.27. The molecular formula is C28H30N2O3. The molecule has 1 heterocycles. The van der Waals surface area contributed by atoms with E-state index in [-0.39, 0.29) is 0 Å². The largest absolute Gasteiger partial charge is 0.497 e. The van der Waals surface area contributed by atoms with Crippen molar-refractivity contribution in [3.05, 3.63) is 71.3 Å². The van der Waals surface area contributed by atoms with Crippen molar-refractivity contribution in [1.29, 1.82) is 0 Å². The van der Waals surface area contributed by atoms with Crippen LogP contribution in [0.3, 0.4) is 0 Å². The number of methoxy groups -OCH3 is 2. The Morgan fingerprint density at radius 1 is 0.939 bits per heavy atom. The van der Waals surface area contributed by atoms with E-state index in [9.17, 15) is 0 Å². The van der Waals surface area contributed by atoms with Crippen LogP contribution in [0.25, 0.3) is 22.4 Å². The minimum Gasteiger partial charge on any atom is -0.497 e. The summed E-state index contributed by atoms with van der Waals surface area (Å²) >= 11 is 0. The van der Waals surface area contributed by atoms with Gasteiger partial charge in [-0.3, -0.25) is 0 Å². The molecule has 0 bridgehead atoms. The van der Waals surface area contributed by atoms with Gasteiger partial charge in [0.2, 0.25) is 0 Å². The molecule has 5 nitrogen and oxygen atoms in total. The van der Waals surface area contributed by atoms with Crippen LogP contribution in [0.15, 0.2) is 54.6 Å². The second-order valence-electron chi connectivity index (χ2n) is 8.72. The lowest BCUT2D eigenvalue weighted by molar-refractivity contribution is 0.298. The van der Waals surface area contributed by atoms with Crippen molar-refractivity contribution in [2.75, 3.05) is 14.2 Å². The van der Waals surface area contributed by atoms with Gasteiger partial charge >= 0.3 is 0 Å². The van der Waals surface area contributed by atoms with E-state index in [1.54, 1.807) is 14.2 Å². The van der Waals surface area contributed by atoms with Crippen molar-refractivity contribution < 1.29 is 14.2 Å². The zero-order chi connectivity index (χ0) is 22.9. The molecule has 5 heteroatoms. The second kappa shape index (κ2) is 8.81. The summed E-state index contributed by atoms with van der Waals surface area (Å²) < 4.78 is 20.0. The van der Waals surface area contributed by atoms with Crippen molar-refractivity contribution in [3.63, 3.8) is 0 Å². The first kappa shape index (κ1) is 21.4. The Morgan fingerprint density at radius 3 is 2.39 bits per heavy atom. The molecule has 1 aliphatic rings. The van der Waals surface area contributed by atoms with E-state index >= 15 is 0 Å². The van der Waals surface area contributed by atoms with Crippen molar-refractivity contribution in [2.24, 2.45) is 0 Å². The van der Waals surface area contributed by atoms with Crippen LogP contribution >= 0.6 is 0 Å². The van der Waals surface area contributed by atoms with Gasteiger partial charge in [-0.15, -0.1) is 0 Å². The van der Waals surface area contributed by atoms with E-state index in [0.29, 0.717) is 12.6 Å². The quantitative estimate of drug-likeness (QED) is 0.322. The maximum Gasteiger partial charge on any atom is 0.141 e. The summed E-state index contributed by atoms with van der Waals surface area (Å²) in [6.07, 6.45) is 3.59. The summed E-state index contributed by atoms with van der Waals surface area (Å²) in [5.74, 6) is 3.45. The molecular weight excluding hydrogens is 412 g/mol. The SMILES string of the molecule is COc1ccc2c(c1)nc(-c1cc(OC)c(C)c(OCc3ccccc3)c1C)n2C1CCC1. The van der Waals surface area contributed by atoms with Gasteiger partial charge in [0, 0.05) is 28.8 Å². The number of hydrogen-bond acceptors (Lipinski definition) is 4. The summed E-state index contributed by atoms with van der Waals surface area (Å²) in [6.45, 7) is 4.67. The minimum atomic E-state index is 0.457. The fraction of sp³-hybridized carbons (Fsp3) is 0.321. The Balaban J connectivity index is 1.65. The van der Waals surface area contributed by atoms with Gasteiger partial charge in [-0.2, -0.15) is 0 Å². The third-order valence-corrected chi connectivity index (χ3v) is 6.75. The van der Waals surface area contributed by atoms with Crippen molar-refractivity contribution in [2.45, 2.75) is 45.8 Å². The molecule has 1 saturated carbocycles. The van der Waals surface area contributed by atoms with Crippen molar-refractivity contribution >= 4 is 11.0 Å². The zero-order valence-corrected chi connectivity index (χ0v) is 19.7. The highest BCUT2D eigenvalue weighted by atomic mass is 16.5. The molecule has 0 saturated heterocycles. The average molecular weight is 443 g/mol. The number of imidazole rings is 1. The Kier molecular flexibility index (Phi) is 5.71. The molecule has 4 aromatic rings. The molecule has 0 spiro atoms. The lowest BCUT2D eigenvalue weighted by Gasteiger charge is -2.30. The summed E-state index contributed by atoms with van der Waals surface area (Å²) in [5.41, 5.74) is 6.34. The number of hydrogen-bond donors (Lipinski definition) is 0. The average Bonchev–Trinajstić information content (AvgIpc) is 3.16. The molecule has 5 rings (SSSR count). The Bertz CT molecular complexity index is 1290. The molecule has 0 aliphatic heterocycles. The van der Waals surface area contributed by atoms with Crippen LogP contribution in [-0.4, -0.2) is 23.8 Å². The Labute approximate surface area is 194 Å². The van der Waals surface area contributed by atoms with E-state index < -0.39 is 0 Å². The van der Waals surface area contributed by atoms with Crippen LogP contribution in [0.1, 0.15) is 42.0 Å². The first-order chi connectivity index (χ1) is 16.1. The van der Waals surface area contributed by atoms with Gasteiger partial charge in [-0.05, 0) is 56.9 Å². The van der Waals surface area contributed by atoms with E-state index in [4.69, 9.17) is 19.2 Å². The van der Waals surface area contributed by atoms with Crippen LogP contribution in [0.5, 0.6) is 17.2 Å². The van der Waals surface area contributed by atoms with Gasteiger partial charge in [-0.25, -0.2) is 4.98 Å².